The minimum absolute atomic E-state index is 0.159. The van der Waals surface area contributed by atoms with Crippen molar-refractivity contribution in [2.75, 3.05) is 5.32 Å². The number of phenols is 1. The van der Waals surface area contributed by atoms with E-state index in [1.807, 2.05) is 6.92 Å². The fourth-order valence-corrected chi connectivity index (χ4v) is 1.66. The Bertz CT molecular complexity index is 579. The third-order valence-electron chi connectivity index (χ3n) is 2.56. The number of carbonyl (C=O) groups is 1. The molecule has 0 saturated heterocycles. The maximum atomic E-state index is 11.9. The lowest BCUT2D eigenvalue weighted by molar-refractivity contribution is 0.102. The molecular weight excluding hydrogens is 250 g/mol. The van der Waals surface area contributed by atoms with E-state index in [1.165, 1.54) is 12.1 Å². The van der Waals surface area contributed by atoms with Crippen LogP contribution in [0.15, 0.2) is 42.5 Å². The third kappa shape index (κ3) is 2.81. The van der Waals surface area contributed by atoms with Crippen molar-refractivity contribution in [1.82, 2.24) is 0 Å². The molecule has 0 heterocycles. The number of anilines is 1. The Labute approximate surface area is 110 Å². The molecule has 0 spiro atoms. The first-order valence-corrected chi connectivity index (χ1v) is 5.80. The Hall–Kier alpha value is -2.00. The van der Waals surface area contributed by atoms with Gasteiger partial charge in [0.05, 0.1) is 0 Å². The van der Waals surface area contributed by atoms with Gasteiger partial charge in [-0.1, -0.05) is 17.7 Å². The molecule has 2 aromatic rings. The summed E-state index contributed by atoms with van der Waals surface area (Å²) in [6, 6.07) is 11.4. The molecule has 4 heteroatoms. The molecule has 2 rings (SSSR count). The lowest BCUT2D eigenvalue weighted by Crippen LogP contribution is -2.11. The average molecular weight is 262 g/mol. The van der Waals surface area contributed by atoms with Crippen molar-refractivity contribution in [1.29, 1.82) is 0 Å². The van der Waals surface area contributed by atoms with Gasteiger partial charge in [-0.3, -0.25) is 4.79 Å². The number of aromatic hydroxyl groups is 1. The van der Waals surface area contributed by atoms with Crippen LogP contribution in [0.3, 0.4) is 0 Å². The second-order valence-corrected chi connectivity index (χ2v) is 4.37. The summed E-state index contributed by atoms with van der Waals surface area (Å²) >= 11 is 5.97. The Balaban J connectivity index is 2.16. The van der Waals surface area contributed by atoms with Crippen LogP contribution in [0.25, 0.3) is 0 Å². The van der Waals surface area contributed by atoms with Crippen molar-refractivity contribution in [2.24, 2.45) is 0 Å². The van der Waals surface area contributed by atoms with Gasteiger partial charge in [0.1, 0.15) is 5.75 Å². The van der Waals surface area contributed by atoms with Crippen molar-refractivity contribution in [2.45, 2.75) is 6.92 Å². The van der Waals surface area contributed by atoms with Gasteiger partial charge in [-0.2, -0.15) is 0 Å². The molecule has 0 radical (unpaired) electrons. The summed E-state index contributed by atoms with van der Waals surface area (Å²) in [5.74, 6) is -0.0750. The van der Waals surface area contributed by atoms with E-state index in [-0.39, 0.29) is 11.7 Å². The molecule has 0 aliphatic rings. The molecule has 92 valence electrons. The topological polar surface area (TPSA) is 49.3 Å². The molecule has 2 N–H and O–H groups in total. The van der Waals surface area contributed by atoms with E-state index in [0.717, 1.165) is 5.56 Å². The van der Waals surface area contributed by atoms with Crippen LogP contribution in [0.5, 0.6) is 5.75 Å². The van der Waals surface area contributed by atoms with E-state index in [0.29, 0.717) is 16.3 Å². The Morgan fingerprint density at radius 1 is 1.17 bits per heavy atom. The molecule has 3 nitrogen and oxygen atoms in total. The van der Waals surface area contributed by atoms with Crippen LogP contribution in [-0.4, -0.2) is 11.0 Å². The second-order valence-electron chi connectivity index (χ2n) is 3.96. The van der Waals surface area contributed by atoms with E-state index < -0.39 is 0 Å². The average Bonchev–Trinajstić information content (AvgIpc) is 2.35. The van der Waals surface area contributed by atoms with Crippen LogP contribution >= 0.6 is 11.6 Å². The number of benzene rings is 2. The molecule has 0 fully saturated rings. The number of hydrogen-bond acceptors (Lipinski definition) is 2. The summed E-state index contributed by atoms with van der Waals surface area (Å²) in [6.45, 7) is 1.88. The lowest BCUT2D eigenvalue weighted by atomic mass is 10.1. The quantitative estimate of drug-likeness (QED) is 0.812. The highest BCUT2D eigenvalue weighted by Crippen LogP contribution is 2.18. The number of rotatable bonds is 2. The minimum Gasteiger partial charge on any atom is -0.508 e. The molecule has 0 unspecified atom stereocenters. The van der Waals surface area contributed by atoms with E-state index >= 15 is 0 Å². The van der Waals surface area contributed by atoms with Gasteiger partial charge in [0.2, 0.25) is 0 Å². The predicted molar refractivity (Wildman–Crippen MR) is 72.2 cm³/mol. The largest absolute Gasteiger partial charge is 0.508 e. The van der Waals surface area contributed by atoms with Crippen LogP contribution in [0.2, 0.25) is 5.02 Å². The van der Waals surface area contributed by atoms with E-state index in [1.54, 1.807) is 30.3 Å². The maximum absolute atomic E-state index is 11.9. The Morgan fingerprint density at radius 3 is 2.44 bits per heavy atom. The monoisotopic (exact) mass is 261 g/mol. The fourth-order valence-electron chi connectivity index (χ4n) is 1.48. The molecule has 0 saturated carbocycles. The van der Waals surface area contributed by atoms with E-state index in [4.69, 9.17) is 16.7 Å². The van der Waals surface area contributed by atoms with Gasteiger partial charge in [-0.25, -0.2) is 0 Å². The van der Waals surface area contributed by atoms with Gasteiger partial charge in [0, 0.05) is 16.3 Å². The summed E-state index contributed by atoms with van der Waals surface area (Å²) in [5, 5.41) is 12.4. The highest BCUT2D eigenvalue weighted by Gasteiger charge is 2.07. The Morgan fingerprint density at radius 2 is 1.83 bits per heavy atom. The van der Waals surface area contributed by atoms with Crippen LogP contribution in [0, 0.1) is 6.92 Å². The molecule has 0 aromatic heterocycles. The molecule has 0 bridgehead atoms. The first-order valence-electron chi connectivity index (χ1n) is 5.43. The van der Waals surface area contributed by atoms with Crippen LogP contribution in [-0.2, 0) is 0 Å². The highest BCUT2D eigenvalue weighted by atomic mass is 35.5. The van der Waals surface area contributed by atoms with Crippen molar-refractivity contribution < 1.29 is 9.90 Å². The van der Waals surface area contributed by atoms with Crippen molar-refractivity contribution in [3.8, 4) is 5.75 Å². The predicted octanol–water partition coefficient (Wildman–Crippen LogP) is 3.61. The number of phenolic OH excluding ortho intramolecular Hbond substituents is 1. The molecule has 0 aliphatic carbocycles. The van der Waals surface area contributed by atoms with Gasteiger partial charge >= 0.3 is 0 Å². The number of nitrogens with one attached hydrogen (secondary N) is 1. The van der Waals surface area contributed by atoms with Gasteiger partial charge in [0.15, 0.2) is 0 Å². The molecule has 0 aliphatic heterocycles. The van der Waals surface area contributed by atoms with Crippen molar-refractivity contribution in [3.63, 3.8) is 0 Å². The number of carbonyl (C=O) groups excluding carboxylic acids is 1. The summed E-state index contributed by atoms with van der Waals surface area (Å²) < 4.78 is 0. The van der Waals surface area contributed by atoms with Gasteiger partial charge in [-0.15, -0.1) is 0 Å². The highest BCUT2D eigenvalue weighted by molar-refractivity contribution is 6.31. The first kappa shape index (κ1) is 12.5. The summed E-state index contributed by atoms with van der Waals surface area (Å²) in [5.41, 5.74) is 2.05. The van der Waals surface area contributed by atoms with Crippen LogP contribution in [0.4, 0.5) is 5.69 Å². The van der Waals surface area contributed by atoms with Crippen molar-refractivity contribution >= 4 is 23.2 Å². The standard InChI is InChI=1S/C14H12ClNO2/c1-9-2-3-10(8-13(9)15)14(18)16-11-4-6-12(17)7-5-11/h2-8,17H,1H3,(H,16,18). The normalized spacial score (nSPS) is 10.1. The lowest BCUT2D eigenvalue weighted by Gasteiger charge is -2.06. The number of amides is 1. The number of hydrogen-bond donors (Lipinski definition) is 2. The SMILES string of the molecule is Cc1ccc(C(=O)Nc2ccc(O)cc2)cc1Cl. The summed E-state index contributed by atoms with van der Waals surface area (Å²) in [4.78, 5) is 11.9. The second kappa shape index (κ2) is 5.10. The smallest absolute Gasteiger partial charge is 0.255 e. The van der Waals surface area contributed by atoms with Crippen LogP contribution in [0.1, 0.15) is 15.9 Å². The van der Waals surface area contributed by atoms with Crippen LogP contribution < -0.4 is 5.32 Å². The molecule has 2 aromatic carbocycles. The van der Waals surface area contributed by atoms with E-state index in [9.17, 15) is 4.79 Å². The zero-order valence-electron chi connectivity index (χ0n) is 9.77. The molecule has 1 amide bonds. The zero-order chi connectivity index (χ0) is 13.1. The molecular formula is C14H12ClNO2. The number of aryl methyl sites for hydroxylation is 1. The fraction of sp³-hybridized carbons (Fsp3) is 0.0714. The Kier molecular flexibility index (Phi) is 3.53. The molecule has 0 atom stereocenters. The van der Waals surface area contributed by atoms with E-state index in [2.05, 4.69) is 5.32 Å². The number of halogens is 1. The van der Waals surface area contributed by atoms with Gasteiger partial charge in [0.25, 0.3) is 5.91 Å². The zero-order valence-corrected chi connectivity index (χ0v) is 10.5. The summed E-state index contributed by atoms with van der Waals surface area (Å²) in [6.07, 6.45) is 0. The maximum Gasteiger partial charge on any atom is 0.255 e. The third-order valence-corrected chi connectivity index (χ3v) is 2.97. The van der Waals surface area contributed by atoms with Gasteiger partial charge in [-0.05, 0) is 48.9 Å². The van der Waals surface area contributed by atoms with Crippen molar-refractivity contribution in [3.05, 3.63) is 58.6 Å². The minimum atomic E-state index is -0.234. The van der Waals surface area contributed by atoms with Gasteiger partial charge < -0.3 is 10.4 Å². The molecule has 18 heavy (non-hydrogen) atoms. The first-order chi connectivity index (χ1) is 8.56. The summed E-state index contributed by atoms with van der Waals surface area (Å²) in [7, 11) is 0.